The zero-order chi connectivity index (χ0) is 13.9. The highest BCUT2D eigenvalue weighted by atomic mass is 32.2. The van der Waals surface area contributed by atoms with Gasteiger partial charge in [0.05, 0.1) is 0 Å². The molecular weight excluding hydrogens is 248 g/mol. The van der Waals surface area contributed by atoms with Crippen molar-refractivity contribution in [1.82, 2.24) is 10.2 Å². The summed E-state index contributed by atoms with van der Waals surface area (Å²) in [5.41, 5.74) is 0. The summed E-state index contributed by atoms with van der Waals surface area (Å²) in [7, 11) is 0. The lowest BCUT2D eigenvalue weighted by Gasteiger charge is -2.42. The van der Waals surface area contributed by atoms with E-state index in [0.29, 0.717) is 6.54 Å². The molecular formula is C13H24N2O2S. The van der Waals surface area contributed by atoms with Gasteiger partial charge in [0.1, 0.15) is 12.1 Å². The Balaban J connectivity index is 2.93. The van der Waals surface area contributed by atoms with Crippen molar-refractivity contribution in [1.29, 1.82) is 0 Å². The Hall–Kier alpha value is -0.710. The van der Waals surface area contributed by atoms with E-state index in [1.165, 1.54) is 0 Å². The molecule has 104 valence electrons. The maximum Gasteiger partial charge on any atom is 0.246 e. The van der Waals surface area contributed by atoms with Crippen molar-refractivity contribution < 1.29 is 9.59 Å². The van der Waals surface area contributed by atoms with E-state index in [2.05, 4.69) is 5.32 Å². The summed E-state index contributed by atoms with van der Waals surface area (Å²) in [5.74, 6) is 1.20. The van der Waals surface area contributed by atoms with Crippen LogP contribution in [0.2, 0.25) is 0 Å². The minimum Gasteiger partial charge on any atom is -0.342 e. The predicted molar refractivity (Wildman–Crippen MR) is 75.5 cm³/mol. The highest BCUT2D eigenvalue weighted by Gasteiger charge is 2.42. The van der Waals surface area contributed by atoms with Gasteiger partial charge < -0.3 is 10.2 Å². The lowest BCUT2D eigenvalue weighted by molar-refractivity contribution is -0.152. The lowest BCUT2D eigenvalue weighted by atomic mass is 9.93. The van der Waals surface area contributed by atoms with Crippen LogP contribution < -0.4 is 5.32 Å². The topological polar surface area (TPSA) is 49.4 Å². The average molecular weight is 272 g/mol. The Labute approximate surface area is 114 Å². The Morgan fingerprint density at radius 1 is 1.22 bits per heavy atom. The third kappa shape index (κ3) is 3.19. The Kier molecular flexibility index (Phi) is 5.50. The number of rotatable bonds is 5. The van der Waals surface area contributed by atoms with Crippen molar-refractivity contribution in [3.05, 3.63) is 0 Å². The first-order valence-corrected chi connectivity index (χ1v) is 7.89. The molecule has 18 heavy (non-hydrogen) atoms. The normalized spacial score (nSPS) is 24.9. The van der Waals surface area contributed by atoms with Gasteiger partial charge in [0.15, 0.2) is 0 Å². The van der Waals surface area contributed by atoms with Crippen molar-refractivity contribution in [3.8, 4) is 0 Å². The minimum absolute atomic E-state index is 0.00981. The molecule has 0 aromatic rings. The molecule has 1 heterocycles. The molecule has 4 nitrogen and oxygen atoms in total. The maximum atomic E-state index is 12.4. The second kappa shape index (κ2) is 6.45. The van der Waals surface area contributed by atoms with E-state index in [4.69, 9.17) is 0 Å². The van der Waals surface area contributed by atoms with Gasteiger partial charge in [-0.1, -0.05) is 27.7 Å². The summed E-state index contributed by atoms with van der Waals surface area (Å²) in [4.78, 5) is 26.4. The number of thioether (sulfide) groups is 1. The Morgan fingerprint density at radius 3 is 2.28 bits per heavy atom. The van der Waals surface area contributed by atoms with Crippen LogP contribution in [0.5, 0.6) is 0 Å². The molecule has 0 aliphatic carbocycles. The second-order valence-corrected chi connectivity index (χ2v) is 6.43. The molecule has 0 aromatic heterocycles. The molecule has 1 fully saturated rings. The van der Waals surface area contributed by atoms with E-state index < -0.39 is 0 Å². The van der Waals surface area contributed by atoms with E-state index in [9.17, 15) is 9.59 Å². The van der Waals surface area contributed by atoms with E-state index in [1.54, 1.807) is 16.7 Å². The summed E-state index contributed by atoms with van der Waals surface area (Å²) in [6.07, 6.45) is 2.01. The number of carbonyl (C=O) groups is 2. The number of carbonyl (C=O) groups excluding carboxylic acids is 2. The Bertz CT molecular complexity index is 318. The molecule has 1 aliphatic rings. The van der Waals surface area contributed by atoms with Crippen LogP contribution >= 0.6 is 11.8 Å². The van der Waals surface area contributed by atoms with Crippen LogP contribution in [-0.4, -0.2) is 47.4 Å². The fourth-order valence-corrected chi connectivity index (χ4v) is 2.69. The first kappa shape index (κ1) is 15.3. The summed E-state index contributed by atoms with van der Waals surface area (Å²) < 4.78 is 0. The zero-order valence-electron chi connectivity index (χ0n) is 11.9. The molecule has 1 N–H and O–H groups in total. The van der Waals surface area contributed by atoms with Gasteiger partial charge in [0, 0.05) is 12.3 Å². The molecule has 2 atom stereocenters. The quantitative estimate of drug-likeness (QED) is 0.822. The third-order valence-corrected chi connectivity index (χ3v) is 3.88. The number of hydrogen-bond donors (Lipinski definition) is 1. The molecule has 0 aromatic carbocycles. The van der Waals surface area contributed by atoms with Crippen LogP contribution in [0, 0.1) is 11.8 Å². The molecule has 0 saturated carbocycles. The molecule has 5 heteroatoms. The van der Waals surface area contributed by atoms with Gasteiger partial charge >= 0.3 is 0 Å². The first-order valence-electron chi connectivity index (χ1n) is 6.50. The number of amides is 2. The second-order valence-electron chi connectivity index (χ2n) is 5.44. The van der Waals surface area contributed by atoms with Crippen molar-refractivity contribution in [2.75, 3.05) is 18.6 Å². The molecule has 0 radical (unpaired) electrons. The number of piperazine rings is 1. The molecule has 1 aliphatic heterocycles. The van der Waals surface area contributed by atoms with Crippen LogP contribution in [0.25, 0.3) is 0 Å². The fourth-order valence-electron chi connectivity index (χ4n) is 2.31. The van der Waals surface area contributed by atoms with Gasteiger partial charge in [-0.25, -0.2) is 0 Å². The van der Waals surface area contributed by atoms with Crippen LogP contribution in [0.4, 0.5) is 0 Å². The summed E-state index contributed by atoms with van der Waals surface area (Å²) in [6, 6.07) is -0.686. The maximum absolute atomic E-state index is 12.4. The van der Waals surface area contributed by atoms with Crippen molar-refractivity contribution in [2.45, 2.75) is 39.8 Å². The predicted octanol–water partition coefficient (Wildman–Crippen LogP) is 1.36. The van der Waals surface area contributed by atoms with E-state index in [-0.39, 0.29) is 35.7 Å². The van der Waals surface area contributed by atoms with E-state index in [0.717, 1.165) is 5.75 Å². The van der Waals surface area contributed by atoms with Crippen LogP contribution in [-0.2, 0) is 9.59 Å². The van der Waals surface area contributed by atoms with Gasteiger partial charge in [-0.15, -0.1) is 0 Å². The molecule has 2 amide bonds. The SMILES string of the molecule is CSCCN1C(=O)C(C(C)C)NC(=O)C1C(C)C. The summed E-state index contributed by atoms with van der Waals surface area (Å²) in [6.45, 7) is 8.55. The van der Waals surface area contributed by atoms with Crippen LogP contribution in [0.1, 0.15) is 27.7 Å². The monoisotopic (exact) mass is 272 g/mol. The smallest absolute Gasteiger partial charge is 0.246 e. The largest absolute Gasteiger partial charge is 0.342 e. The number of nitrogens with zero attached hydrogens (tertiary/aromatic N) is 1. The molecule has 2 unspecified atom stereocenters. The molecule has 0 spiro atoms. The average Bonchev–Trinajstić information content (AvgIpc) is 2.28. The van der Waals surface area contributed by atoms with Crippen molar-refractivity contribution in [3.63, 3.8) is 0 Å². The lowest BCUT2D eigenvalue weighted by Crippen LogP contribution is -2.66. The highest BCUT2D eigenvalue weighted by molar-refractivity contribution is 7.98. The van der Waals surface area contributed by atoms with Crippen LogP contribution in [0.15, 0.2) is 0 Å². The summed E-state index contributed by atoms with van der Waals surface area (Å²) >= 11 is 1.70. The van der Waals surface area contributed by atoms with Crippen molar-refractivity contribution in [2.24, 2.45) is 11.8 Å². The third-order valence-electron chi connectivity index (χ3n) is 3.29. The summed E-state index contributed by atoms with van der Waals surface area (Å²) in [5, 5.41) is 2.87. The molecule has 1 saturated heterocycles. The zero-order valence-corrected chi connectivity index (χ0v) is 12.7. The van der Waals surface area contributed by atoms with Gasteiger partial charge in [-0.3, -0.25) is 9.59 Å². The highest BCUT2D eigenvalue weighted by Crippen LogP contribution is 2.20. The van der Waals surface area contributed by atoms with E-state index in [1.807, 2.05) is 34.0 Å². The number of hydrogen-bond acceptors (Lipinski definition) is 3. The molecule has 1 rings (SSSR count). The first-order chi connectivity index (χ1) is 8.40. The molecule has 0 bridgehead atoms. The van der Waals surface area contributed by atoms with Gasteiger partial charge in [-0.05, 0) is 18.1 Å². The Morgan fingerprint density at radius 2 is 1.83 bits per heavy atom. The van der Waals surface area contributed by atoms with Crippen molar-refractivity contribution >= 4 is 23.6 Å². The van der Waals surface area contributed by atoms with Crippen LogP contribution in [0.3, 0.4) is 0 Å². The van der Waals surface area contributed by atoms with E-state index >= 15 is 0 Å². The minimum atomic E-state index is -0.366. The van der Waals surface area contributed by atoms with Gasteiger partial charge in [0.2, 0.25) is 11.8 Å². The van der Waals surface area contributed by atoms with Gasteiger partial charge in [-0.2, -0.15) is 11.8 Å². The fraction of sp³-hybridized carbons (Fsp3) is 0.846. The number of nitrogens with one attached hydrogen (secondary N) is 1. The van der Waals surface area contributed by atoms with Gasteiger partial charge in [0.25, 0.3) is 0 Å². The standard InChI is InChI=1S/C13H24N2O2S/c1-8(2)10-13(17)15(6-7-18-5)11(9(3)4)12(16)14-10/h8-11H,6-7H2,1-5H3,(H,14,16).